The molecule has 1 aromatic rings. The summed E-state index contributed by atoms with van der Waals surface area (Å²) < 4.78 is 0.857. The van der Waals surface area contributed by atoms with Crippen molar-refractivity contribution in [2.45, 2.75) is 25.4 Å². The van der Waals surface area contributed by atoms with Crippen LogP contribution in [0.5, 0.6) is 0 Å². The van der Waals surface area contributed by atoms with Crippen molar-refractivity contribution in [1.82, 2.24) is 0 Å². The van der Waals surface area contributed by atoms with Crippen LogP contribution in [0.15, 0.2) is 22.7 Å². The minimum absolute atomic E-state index is 0.0110. The van der Waals surface area contributed by atoms with Crippen LogP contribution in [0.1, 0.15) is 24.9 Å². The van der Waals surface area contributed by atoms with Gasteiger partial charge in [0.1, 0.15) is 0 Å². The van der Waals surface area contributed by atoms with Gasteiger partial charge in [-0.2, -0.15) is 0 Å². The fourth-order valence-electron chi connectivity index (χ4n) is 1.22. The molecule has 1 rings (SSSR count). The molecule has 0 heterocycles. The molecule has 4 N–H and O–H groups in total. The SMILES string of the molecule is CCC(N)C(N)c1ccc(Cl)c(Br)c1. The Balaban J connectivity index is 2.91. The molecule has 0 aliphatic heterocycles. The van der Waals surface area contributed by atoms with Crippen molar-refractivity contribution in [3.63, 3.8) is 0 Å². The molecule has 0 radical (unpaired) electrons. The molecule has 1 aromatic carbocycles. The van der Waals surface area contributed by atoms with Crippen molar-refractivity contribution in [2.75, 3.05) is 0 Å². The molecular weight excluding hydrogens is 263 g/mol. The van der Waals surface area contributed by atoms with Crippen molar-refractivity contribution in [3.8, 4) is 0 Å². The van der Waals surface area contributed by atoms with Crippen LogP contribution >= 0.6 is 27.5 Å². The number of rotatable bonds is 3. The van der Waals surface area contributed by atoms with Crippen LogP contribution in [0, 0.1) is 0 Å². The van der Waals surface area contributed by atoms with Gasteiger partial charge in [0.2, 0.25) is 0 Å². The van der Waals surface area contributed by atoms with Crippen LogP contribution in [-0.2, 0) is 0 Å². The van der Waals surface area contributed by atoms with E-state index in [9.17, 15) is 0 Å². The van der Waals surface area contributed by atoms with Crippen LogP contribution in [0.4, 0.5) is 0 Å². The Hall–Kier alpha value is -0.0900. The largest absolute Gasteiger partial charge is 0.326 e. The molecule has 0 saturated heterocycles. The predicted molar refractivity (Wildman–Crippen MR) is 64.3 cm³/mol. The first kappa shape index (κ1) is 12.0. The van der Waals surface area contributed by atoms with Gasteiger partial charge < -0.3 is 11.5 Å². The second kappa shape index (κ2) is 5.12. The first-order valence-electron chi connectivity index (χ1n) is 4.52. The fourth-order valence-corrected chi connectivity index (χ4v) is 1.73. The number of halogens is 2. The topological polar surface area (TPSA) is 52.0 Å². The predicted octanol–water partition coefficient (Wildman–Crippen LogP) is 2.84. The number of hydrogen-bond acceptors (Lipinski definition) is 2. The van der Waals surface area contributed by atoms with Gasteiger partial charge in [-0.05, 0) is 40.0 Å². The Morgan fingerprint density at radius 1 is 1.43 bits per heavy atom. The van der Waals surface area contributed by atoms with Gasteiger partial charge in [-0.15, -0.1) is 0 Å². The first-order valence-corrected chi connectivity index (χ1v) is 5.69. The average molecular weight is 278 g/mol. The van der Waals surface area contributed by atoms with E-state index in [1.165, 1.54) is 0 Å². The number of hydrogen-bond donors (Lipinski definition) is 2. The summed E-state index contributed by atoms with van der Waals surface area (Å²) in [6, 6.07) is 5.51. The van der Waals surface area contributed by atoms with E-state index in [4.69, 9.17) is 23.1 Å². The molecule has 2 nitrogen and oxygen atoms in total. The molecule has 0 aromatic heterocycles. The summed E-state index contributed by atoms with van der Waals surface area (Å²) >= 11 is 9.24. The Morgan fingerprint density at radius 3 is 2.57 bits per heavy atom. The Kier molecular flexibility index (Phi) is 4.38. The molecule has 0 aliphatic carbocycles. The lowest BCUT2D eigenvalue weighted by Crippen LogP contribution is -2.33. The van der Waals surface area contributed by atoms with Gasteiger partial charge >= 0.3 is 0 Å². The van der Waals surface area contributed by atoms with Crippen LogP contribution < -0.4 is 11.5 Å². The number of nitrogens with two attached hydrogens (primary N) is 2. The fraction of sp³-hybridized carbons (Fsp3) is 0.400. The zero-order valence-corrected chi connectivity index (χ0v) is 10.3. The third-order valence-electron chi connectivity index (χ3n) is 2.26. The zero-order chi connectivity index (χ0) is 10.7. The van der Waals surface area contributed by atoms with Crippen LogP contribution in [0.3, 0.4) is 0 Å². The smallest absolute Gasteiger partial charge is 0.0548 e. The lowest BCUT2D eigenvalue weighted by molar-refractivity contribution is 0.532. The summed E-state index contributed by atoms with van der Waals surface area (Å²) in [7, 11) is 0. The Bertz CT molecular complexity index is 317. The first-order chi connectivity index (χ1) is 6.56. The highest BCUT2D eigenvalue weighted by Gasteiger charge is 2.14. The summed E-state index contributed by atoms with van der Waals surface area (Å²) in [5, 5.41) is 0.686. The van der Waals surface area contributed by atoms with Crippen molar-refractivity contribution in [1.29, 1.82) is 0 Å². The molecular formula is C10H14BrClN2. The van der Waals surface area contributed by atoms with Gasteiger partial charge in [-0.25, -0.2) is 0 Å². The Morgan fingerprint density at radius 2 is 2.07 bits per heavy atom. The summed E-state index contributed by atoms with van der Waals surface area (Å²) in [6.45, 7) is 2.02. The van der Waals surface area contributed by atoms with E-state index in [1.54, 1.807) is 0 Å². The minimum Gasteiger partial charge on any atom is -0.326 e. The van der Waals surface area contributed by atoms with Crippen LogP contribution in [-0.4, -0.2) is 6.04 Å². The standard InChI is InChI=1S/C10H14BrClN2/c1-2-9(13)10(14)6-3-4-8(12)7(11)5-6/h3-5,9-10H,2,13-14H2,1H3. The lowest BCUT2D eigenvalue weighted by atomic mass is 9.99. The third kappa shape index (κ3) is 2.70. The van der Waals surface area contributed by atoms with Gasteiger partial charge in [0.25, 0.3) is 0 Å². The highest BCUT2D eigenvalue weighted by molar-refractivity contribution is 9.10. The van der Waals surface area contributed by atoms with E-state index >= 15 is 0 Å². The molecule has 0 amide bonds. The van der Waals surface area contributed by atoms with E-state index in [0.717, 1.165) is 16.5 Å². The molecule has 4 heteroatoms. The normalized spacial score (nSPS) is 15.2. The second-order valence-corrected chi connectivity index (χ2v) is 4.53. The maximum atomic E-state index is 5.98. The van der Waals surface area contributed by atoms with Gasteiger partial charge in [-0.3, -0.25) is 0 Å². The molecule has 0 spiro atoms. The molecule has 2 atom stereocenters. The highest BCUT2D eigenvalue weighted by atomic mass is 79.9. The second-order valence-electron chi connectivity index (χ2n) is 3.27. The monoisotopic (exact) mass is 276 g/mol. The summed E-state index contributed by atoms with van der Waals surface area (Å²) in [4.78, 5) is 0. The van der Waals surface area contributed by atoms with Crippen molar-refractivity contribution in [3.05, 3.63) is 33.3 Å². The van der Waals surface area contributed by atoms with Crippen molar-refractivity contribution in [2.24, 2.45) is 11.5 Å². The summed E-state index contributed by atoms with van der Waals surface area (Å²) in [5.41, 5.74) is 12.9. The van der Waals surface area contributed by atoms with Crippen molar-refractivity contribution < 1.29 is 0 Å². The third-order valence-corrected chi connectivity index (χ3v) is 3.48. The van der Waals surface area contributed by atoms with Gasteiger partial charge in [0.15, 0.2) is 0 Å². The average Bonchev–Trinajstić information content (AvgIpc) is 2.20. The molecule has 14 heavy (non-hydrogen) atoms. The highest BCUT2D eigenvalue weighted by Crippen LogP contribution is 2.26. The van der Waals surface area contributed by atoms with Gasteiger partial charge in [0.05, 0.1) is 5.02 Å². The van der Waals surface area contributed by atoms with E-state index in [-0.39, 0.29) is 12.1 Å². The van der Waals surface area contributed by atoms with Crippen molar-refractivity contribution >= 4 is 27.5 Å². The summed E-state index contributed by atoms with van der Waals surface area (Å²) in [5.74, 6) is 0. The molecule has 0 bridgehead atoms. The summed E-state index contributed by atoms with van der Waals surface area (Å²) in [6.07, 6.45) is 0.863. The lowest BCUT2D eigenvalue weighted by Gasteiger charge is -2.19. The van der Waals surface area contributed by atoms with E-state index in [1.807, 2.05) is 25.1 Å². The van der Waals surface area contributed by atoms with Crippen LogP contribution in [0.25, 0.3) is 0 Å². The molecule has 0 fully saturated rings. The quantitative estimate of drug-likeness (QED) is 0.892. The number of benzene rings is 1. The molecule has 0 aliphatic rings. The van der Waals surface area contributed by atoms with E-state index in [2.05, 4.69) is 15.9 Å². The zero-order valence-electron chi connectivity index (χ0n) is 8.00. The maximum absolute atomic E-state index is 5.98. The van der Waals surface area contributed by atoms with Gasteiger partial charge in [0, 0.05) is 16.6 Å². The Labute approximate surface area is 97.7 Å². The maximum Gasteiger partial charge on any atom is 0.0548 e. The molecule has 0 saturated carbocycles. The molecule has 78 valence electrons. The molecule has 2 unspecified atom stereocenters. The van der Waals surface area contributed by atoms with E-state index in [0.29, 0.717) is 5.02 Å². The van der Waals surface area contributed by atoms with Crippen LogP contribution in [0.2, 0.25) is 5.02 Å². The van der Waals surface area contributed by atoms with E-state index < -0.39 is 0 Å². The van der Waals surface area contributed by atoms with Gasteiger partial charge in [-0.1, -0.05) is 24.6 Å². The minimum atomic E-state index is -0.131.